The quantitative estimate of drug-likeness (QED) is 0.556. The molecule has 6 nitrogen and oxygen atoms in total. The highest BCUT2D eigenvalue weighted by Gasteiger charge is 2.27. The molecule has 1 unspecified atom stereocenters. The number of benzene rings is 1. The Balaban J connectivity index is 1.46. The monoisotopic (exact) mass is 413 g/mol. The van der Waals surface area contributed by atoms with Crippen LogP contribution in [0, 0.1) is 11.8 Å². The first kappa shape index (κ1) is 22.6. The molecule has 1 aromatic rings. The average Bonchev–Trinajstić information content (AvgIpc) is 3.21. The Morgan fingerprint density at radius 3 is 2.60 bits per heavy atom. The van der Waals surface area contributed by atoms with Crippen LogP contribution in [-0.4, -0.2) is 60.9 Å². The van der Waals surface area contributed by atoms with Crippen molar-refractivity contribution >= 4 is 11.9 Å². The zero-order valence-electron chi connectivity index (χ0n) is 19.2. The zero-order chi connectivity index (χ0) is 21.5. The van der Waals surface area contributed by atoms with Crippen LogP contribution in [0.15, 0.2) is 29.3 Å². The van der Waals surface area contributed by atoms with E-state index >= 15 is 0 Å². The normalized spacial score (nSPS) is 21.3. The van der Waals surface area contributed by atoms with Gasteiger partial charge in [-0.3, -0.25) is 14.7 Å². The number of likely N-dealkylation sites (tertiary alicyclic amines) is 2. The standard InChI is InChI=1S/C24H39N5O/c1-18(2)23(30)29-13-10-22(17-29)27-24(25-4)26-15-20-6-5-7-21(14-20)16-28-11-8-19(3)9-12-28/h5-7,14,18-19,22H,8-13,15-17H2,1-4H3,(H2,25,26,27). The lowest BCUT2D eigenvalue weighted by Crippen LogP contribution is -2.45. The minimum Gasteiger partial charge on any atom is -0.352 e. The summed E-state index contributed by atoms with van der Waals surface area (Å²) in [6, 6.07) is 9.11. The van der Waals surface area contributed by atoms with E-state index in [1.165, 1.54) is 37.1 Å². The van der Waals surface area contributed by atoms with Gasteiger partial charge in [-0.25, -0.2) is 0 Å². The van der Waals surface area contributed by atoms with Gasteiger partial charge < -0.3 is 15.5 Å². The number of guanidine groups is 1. The zero-order valence-corrected chi connectivity index (χ0v) is 19.2. The Morgan fingerprint density at radius 1 is 1.17 bits per heavy atom. The first-order valence-corrected chi connectivity index (χ1v) is 11.5. The summed E-state index contributed by atoms with van der Waals surface area (Å²) in [5, 5.41) is 6.92. The van der Waals surface area contributed by atoms with Crippen LogP contribution in [-0.2, 0) is 17.9 Å². The summed E-state index contributed by atoms with van der Waals surface area (Å²) in [7, 11) is 1.80. The Hall–Kier alpha value is -2.08. The Kier molecular flexibility index (Phi) is 8.14. The number of carbonyl (C=O) groups is 1. The summed E-state index contributed by atoms with van der Waals surface area (Å²) < 4.78 is 0. The van der Waals surface area contributed by atoms with E-state index in [1.54, 1.807) is 7.05 Å². The van der Waals surface area contributed by atoms with Crippen LogP contribution in [0.4, 0.5) is 0 Å². The molecule has 0 bridgehead atoms. The van der Waals surface area contributed by atoms with E-state index in [-0.39, 0.29) is 17.9 Å². The molecule has 2 fully saturated rings. The van der Waals surface area contributed by atoms with Crippen molar-refractivity contribution in [2.75, 3.05) is 33.2 Å². The summed E-state index contributed by atoms with van der Waals surface area (Å²) in [5.74, 6) is 1.96. The molecule has 0 aromatic heterocycles. The number of nitrogens with zero attached hydrogens (tertiary/aromatic N) is 3. The Labute approximate surface area is 182 Å². The van der Waals surface area contributed by atoms with E-state index in [0.29, 0.717) is 0 Å². The van der Waals surface area contributed by atoms with Crippen LogP contribution in [0.5, 0.6) is 0 Å². The van der Waals surface area contributed by atoms with Crippen molar-refractivity contribution in [3.63, 3.8) is 0 Å². The van der Waals surface area contributed by atoms with Gasteiger partial charge in [0.15, 0.2) is 5.96 Å². The van der Waals surface area contributed by atoms with Gasteiger partial charge in [0.05, 0.1) is 0 Å². The number of rotatable bonds is 6. The smallest absolute Gasteiger partial charge is 0.225 e. The van der Waals surface area contributed by atoms with Crippen molar-refractivity contribution in [1.29, 1.82) is 0 Å². The van der Waals surface area contributed by atoms with Crippen molar-refractivity contribution in [1.82, 2.24) is 20.4 Å². The molecule has 30 heavy (non-hydrogen) atoms. The summed E-state index contributed by atoms with van der Waals surface area (Å²) in [6.07, 6.45) is 3.58. The molecule has 1 atom stereocenters. The lowest BCUT2D eigenvalue weighted by Gasteiger charge is -2.30. The molecule has 3 rings (SSSR count). The molecule has 2 heterocycles. The van der Waals surface area contributed by atoms with Gasteiger partial charge in [0.25, 0.3) is 0 Å². The summed E-state index contributed by atoms with van der Waals surface area (Å²) in [4.78, 5) is 21.1. The van der Waals surface area contributed by atoms with Gasteiger partial charge in [-0.05, 0) is 49.4 Å². The van der Waals surface area contributed by atoms with Crippen molar-refractivity contribution < 1.29 is 4.79 Å². The SMILES string of the molecule is CN=C(NCc1cccc(CN2CCC(C)CC2)c1)NC1CCN(C(=O)C(C)C)C1. The van der Waals surface area contributed by atoms with Gasteiger partial charge in [-0.1, -0.05) is 45.0 Å². The summed E-state index contributed by atoms with van der Waals surface area (Å²) in [6.45, 7) is 12.0. The number of hydrogen-bond acceptors (Lipinski definition) is 3. The second-order valence-electron chi connectivity index (χ2n) is 9.27. The fourth-order valence-electron chi connectivity index (χ4n) is 4.33. The van der Waals surface area contributed by atoms with E-state index in [4.69, 9.17) is 0 Å². The summed E-state index contributed by atoms with van der Waals surface area (Å²) >= 11 is 0. The number of piperidine rings is 1. The maximum atomic E-state index is 12.2. The lowest BCUT2D eigenvalue weighted by atomic mass is 9.98. The fourth-order valence-corrected chi connectivity index (χ4v) is 4.33. The third kappa shape index (κ3) is 6.46. The van der Waals surface area contributed by atoms with Gasteiger partial charge in [-0.2, -0.15) is 0 Å². The predicted octanol–water partition coefficient (Wildman–Crippen LogP) is 2.84. The van der Waals surface area contributed by atoms with Crippen LogP contribution < -0.4 is 10.6 Å². The van der Waals surface area contributed by atoms with E-state index in [9.17, 15) is 4.79 Å². The number of carbonyl (C=O) groups excluding carboxylic acids is 1. The lowest BCUT2D eigenvalue weighted by molar-refractivity contribution is -0.133. The van der Waals surface area contributed by atoms with Crippen LogP contribution in [0.2, 0.25) is 0 Å². The second-order valence-corrected chi connectivity index (χ2v) is 9.27. The second kappa shape index (κ2) is 10.8. The molecule has 0 aliphatic carbocycles. The van der Waals surface area contributed by atoms with Crippen molar-refractivity contribution in [2.24, 2.45) is 16.8 Å². The molecule has 0 saturated carbocycles. The number of aliphatic imine (C=N–C) groups is 1. The predicted molar refractivity (Wildman–Crippen MR) is 123 cm³/mol. The van der Waals surface area contributed by atoms with Crippen molar-refractivity contribution in [3.8, 4) is 0 Å². The fraction of sp³-hybridized carbons (Fsp3) is 0.667. The first-order chi connectivity index (χ1) is 14.4. The van der Waals surface area contributed by atoms with E-state index in [0.717, 1.165) is 44.5 Å². The number of amides is 1. The largest absolute Gasteiger partial charge is 0.352 e. The first-order valence-electron chi connectivity index (χ1n) is 11.5. The summed E-state index contributed by atoms with van der Waals surface area (Å²) in [5.41, 5.74) is 2.65. The third-order valence-electron chi connectivity index (χ3n) is 6.29. The minimum absolute atomic E-state index is 0.0572. The Morgan fingerprint density at radius 2 is 1.90 bits per heavy atom. The molecular weight excluding hydrogens is 374 g/mol. The highest BCUT2D eigenvalue weighted by atomic mass is 16.2. The van der Waals surface area contributed by atoms with Crippen LogP contribution in [0.3, 0.4) is 0 Å². The van der Waals surface area contributed by atoms with Crippen LogP contribution >= 0.6 is 0 Å². The van der Waals surface area contributed by atoms with Crippen molar-refractivity contribution in [3.05, 3.63) is 35.4 Å². The molecule has 2 aliphatic heterocycles. The van der Waals surface area contributed by atoms with Gasteiger partial charge in [0.1, 0.15) is 0 Å². The van der Waals surface area contributed by atoms with Crippen LogP contribution in [0.25, 0.3) is 0 Å². The molecule has 0 spiro atoms. The number of nitrogens with one attached hydrogen (secondary N) is 2. The molecule has 166 valence electrons. The molecule has 2 N–H and O–H groups in total. The Bertz CT molecular complexity index is 724. The molecule has 2 aliphatic rings. The molecule has 2 saturated heterocycles. The maximum absolute atomic E-state index is 12.2. The van der Waals surface area contributed by atoms with Gasteiger partial charge in [0.2, 0.25) is 5.91 Å². The minimum atomic E-state index is 0.0572. The molecular formula is C24H39N5O. The van der Waals surface area contributed by atoms with Gasteiger partial charge >= 0.3 is 0 Å². The molecule has 1 aromatic carbocycles. The topological polar surface area (TPSA) is 60.0 Å². The average molecular weight is 414 g/mol. The molecule has 1 amide bonds. The maximum Gasteiger partial charge on any atom is 0.225 e. The molecule has 6 heteroatoms. The van der Waals surface area contributed by atoms with E-state index in [1.807, 2.05) is 18.7 Å². The highest BCUT2D eigenvalue weighted by Crippen LogP contribution is 2.18. The van der Waals surface area contributed by atoms with Gasteiger partial charge in [-0.15, -0.1) is 0 Å². The third-order valence-corrected chi connectivity index (χ3v) is 6.29. The number of hydrogen-bond donors (Lipinski definition) is 2. The van der Waals surface area contributed by atoms with Crippen LogP contribution in [0.1, 0.15) is 51.2 Å². The van der Waals surface area contributed by atoms with Gasteiger partial charge in [0, 0.05) is 45.2 Å². The molecule has 0 radical (unpaired) electrons. The van der Waals surface area contributed by atoms with E-state index in [2.05, 4.69) is 51.7 Å². The van der Waals surface area contributed by atoms with E-state index < -0.39 is 0 Å². The highest BCUT2D eigenvalue weighted by molar-refractivity contribution is 5.81. The van der Waals surface area contributed by atoms with Crippen molar-refractivity contribution in [2.45, 2.75) is 59.2 Å².